The highest BCUT2D eigenvalue weighted by Crippen LogP contribution is 2.48. The summed E-state index contributed by atoms with van der Waals surface area (Å²) in [6, 6.07) is 117. The zero-order valence-corrected chi connectivity index (χ0v) is 65.5. The van der Waals surface area contributed by atoms with Crippen molar-refractivity contribution in [3.8, 4) is 44.5 Å². The summed E-state index contributed by atoms with van der Waals surface area (Å²) < 4.78 is 79.1. The SMILES string of the molecule is [2H]c1c([2H])c([2H])c2c(c1[2H])c1c([2H])c([2H])c([2H])c([2H])c1n2Cc1ccc2c(c1)N(Cc1c(-c3ccccc3)cc(C(C)(C)C)cc1-c1ccccc1)c1cc(Cn3c4ccccc4c4cc(N(c5ccccc5)c5ccccc5)ccc43)cc3c1B2c1ccc(Cc2cccc(C(C)(C)C)c2)cc1N3Cc1c(-c2ccccc2)cccc1-c1ccccc1. The largest absolute Gasteiger partial charge is 0.338 e. The lowest BCUT2D eigenvalue weighted by Gasteiger charge is -2.45. The lowest BCUT2D eigenvalue weighted by Crippen LogP contribution is -2.62. The van der Waals surface area contributed by atoms with Crippen LogP contribution >= 0.6 is 0 Å². The van der Waals surface area contributed by atoms with Crippen molar-refractivity contribution >= 4 is 107 Å². The van der Waals surface area contributed by atoms with Crippen LogP contribution in [0.1, 0.15) is 97.0 Å². The van der Waals surface area contributed by atoms with Gasteiger partial charge in [-0.3, -0.25) is 0 Å². The molecule has 0 saturated carbocycles. The first kappa shape index (κ1) is 62.2. The van der Waals surface area contributed by atoms with Gasteiger partial charge in [0.25, 0.3) is 6.71 Å². The fraction of sp³-hybridized carbons (Fsp3) is 0.119. The molecule has 5 nitrogen and oxygen atoms in total. The molecule has 2 aliphatic heterocycles. The van der Waals surface area contributed by atoms with Gasteiger partial charge in [-0.1, -0.05) is 333 Å². The Morgan fingerprint density at radius 1 is 0.296 bits per heavy atom. The summed E-state index contributed by atoms with van der Waals surface area (Å²) >= 11 is 0. The molecule has 2 aliphatic rings. The summed E-state index contributed by atoms with van der Waals surface area (Å²) in [5.74, 6) is 0. The average Bonchev–Trinajstić information content (AvgIpc) is 1.63. The number of nitrogens with zero attached hydrogens (tertiary/aromatic N) is 5. The second-order valence-electron chi connectivity index (χ2n) is 33.0. The third-order valence-corrected chi connectivity index (χ3v) is 23.8. The van der Waals surface area contributed by atoms with E-state index in [9.17, 15) is 8.22 Å². The van der Waals surface area contributed by atoms with Crippen LogP contribution in [0.3, 0.4) is 0 Å². The Balaban J connectivity index is 0.893. The standard InChI is InChI=1S/C109H90BN5/c1-108(2,3)82-42-31-33-74(62-82)61-75-55-58-97-103(63-75)113(72-95-87(78-34-13-7-14-35-78)50-32-51-88(95)79-36-15-8-16-37-79)105-65-77(71-112-101-54-30-27-49-91(101)94-69-86(57-60-102(94)112)115(84-43-21-11-22-44-84)85-45-23-12-24-46-85)66-106-107(105)110(97)98-59-56-76(70-111-99-52-28-25-47-89(99)90-48-26-29-53-100(90)111)64-104(98)114(106)73-96-92(80-38-17-9-18-39-80)67-83(109(4,5)6)68-93(96)81-40-19-10-20-41-81/h7-60,62-69H,61,70-73H2,1-6H3/i25D,26D,28D,29D,47D,48D,52D,53D. The maximum atomic E-state index is 9.72. The maximum Gasteiger partial charge on any atom is 0.252 e. The van der Waals surface area contributed by atoms with E-state index >= 15 is 0 Å². The number of para-hydroxylation sites is 5. The topological polar surface area (TPSA) is 19.6 Å². The summed E-state index contributed by atoms with van der Waals surface area (Å²) in [4.78, 5) is 7.56. The number of benzene rings is 16. The first-order valence-corrected chi connectivity index (χ1v) is 40.1. The van der Waals surface area contributed by atoms with Crippen molar-refractivity contribution in [1.82, 2.24) is 9.13 Å². The molecule has 4 heterocycles. The van der Waals surface area contributed by atoms with E-state index in [4.69, 9.17) is 2.74 Å². The van der Waals surface area contributed by atoms with E-state index < -0.39 is 24.2 Å². The van der Waals surface area contributed by atoms with Gasteiger partial charge in [-0.25, -0.2) is 0 Å². The molecule has 18 aromatic rings. The van der Waals surface area contributed by atoms with Gasteiger partial charge in [-0.15, -0.1) is 0 Å². The van der Waals surface area contributed by atoms with Gasteiger partial charge in [0.05, 0.1) is 11.0 Å². The van der Waals surface area contributed by atoms with Crippen LogP contribution < -0.4 is 31.1 Å². The van der Waals surface area contributed by atoms with E-state index in [1.54, 1.807) is 4.57 Å². The van der Waals surface area contributed by atoms with Crippen molar-refractivity contribution < 1.29 is 11.0 Å². The molecule has 0 bridgehead atoms. The molecule has 0 atom stereocenters. The normalized spacial score (nSPS) is 13.5. The fourth-order valence-corrected chi connectivity index (χ4v) is 18.2. The summed E-state index contributed by atoms with van der Waals surface area (Å²) in [6.45, 7) is 14.6. The minimum absolute atomic E-state index is 0.0163. The van der Waals surface area contributed by atoms with Gasteiger partial charge < -0.3 is 23.8 Å². The van der Waals surface area contributed by atoms with Crippen LogP contribution in [0.25, 0.3) is 88.1 Å². The third-order valence-electron chi connectivity index (χ3n) is 23.8. The van der Waals surface area contributed by atoms with Crippen molar-refractivity contribution in [2.45, 2.75) is 85.0 Å². The molecular formula is C109H90BN5. The summed E-state index contributed by atoms with van der Waals surface area (Å²) in [5, 5.41) is 2.36. The van der Waals surface area contributed by atoms with Gasteiger partial charge in [-0.05, 0) is 208 Å². The molecule has 0 aliphatic carbocycles. The lowest BCUT2D eigenvalue weighted by atomic mass is 9.33. The third kappa shape index (κ3) is 13.0. The van der Waals surface area contributed by atoms with Gasteiger partial charge in [0, 0.05) is 110 Å². The molecule has 0 unspecified atom stereocenters. The zero-order valence-electron chi connectivity index (χ0n) is 73.5. The Labute approximate surface area is 687 Å². The van der Waals surface area contributed by atoms with E-state index in [1.807, 2.05) is 0 Å². The fourth-order valence-electron chi connectivity index (χ4n) is 18.2. The minimum Gasteiger partial charge on any atom is -0.338 e. The molecule has 0 radical (unpaired) electrons. The molecule has 20 rings (SSSR count). The molecule has 0 N–H and O–H groups in total. The maximum absolute atomic E-state index is 9.72. The number of aromatic nitrogens is 2. The number of hydrogen-bond donors (Lipinski definition) is 0. The zero-order chi connectivity index (χ0) is 84.4. The molecule has 0 spiro atoms. The van der Waals surface area contributed by atoms with E-state index in [2.05, 4.69) is 388 Å². The van der Waals surface area contributed by atoms with Crippen LogP contribution in [0.2, 0.25) is 0 Å². The highest BCUT2D eigenvalue weighted by atomic mass is 15.2. The quantitative estimate of drug-likeness (QED) is 0.0847. The van der Waals surface area contributed by atoms with Crippen molar-refractivity contribution in [3.05, 3.63) is 420 Å². The number of anilines is 7. The van der Waals surface area contributed by atoms with Crippen LogP contribution in [-0.4, -0.2) is 15.8 Å². The Morgan fingerprint density at radius 2 is 0.722 bits per heavy atom. The number of hydrogen-bond acceptors (Lipinski definition) is 3. The van der Waals surface area contributed by atoms with Crippen LogP contribution in [0, 0.1) is 0 Å². The van der Waals surface area contributed by atoms with E-state index in [0.717, 1.165) is 139 Å². The summed E-state index contributed by atoms with van der Waals surface area (Å²) in [7, 11) is 0. The van der Waals surface area contributed by atoms with Gasteiger partial charge in [0.2, 0.25) is 0 Å². The molecule has 0 saturated heterocycles. The van der Waals surface area contributed by atoms with Crippen molar-refractivity contribution in [2.75, 3.05) is 14.7 Å². The summed E-state index contributed by atoms with van der Waals surface area (Å²) in [5.41, 5.74) is 30.4. The van der Waals surface area contributed by atoms with Crippen LogP contribution in [0.4, 0.5) is 39.8 Å². The van der Waals surface area contributed by atoms with Gasteiger partial charge in [0.15, 0.2) is 0 Å². The van der Waals surface area contributed by atoms with E-state index in [0.29, 0.717) is 26.1 Å². The molecule has 0 amide bonds. The molecule has 16 aromatic carbocycles. The monoisotopic (exact) mass is 1490 g/mol. The van der Waals surface area contributed by atoms with Crippen LogP contribution in [0.15, 0.2) is 376 Å². The van der Waals surface area contributed by atoms with E-state index in [1.165, 1.54) is 27.8 Å². The molecule has 554 valence electrons. The Morgan fingerprint density at radius 3 is 1.26 bits per heavy atom. The van der Waals surface area contributed by atoms with Gasteiger partial charge >= 0.3 is 0 Å². The predicted octanol–water partition coefficient (Wildman–Crippen LogP) is 26.1. The highest BCUT2D eigenvalue weighted by Gasteiger charge is 2.44. The summed E-state index contributed by atoms with van der Waals surface area (Å²) in [6.07, 6.45) is 0.685. The van der Waals surface area contributed by atoms with E-state index in [-0.39, 0.29) is 70.1 Å². The smallest absolute Gasteiger partial charge is 0.252 e. The van der Waals surface area contributed by atoms with Crippen LogP contribution in [-0.2, 0) is 43.4 Å². The molecule has 115 heavy (non-hydrogen) atoms. The van der Waals surface area contributed by atoms with Crippen molar-refractivity contribution in [2.24, 2.45) is 0 Å². The first-order valence-electron chi connectivity index (χ1n) is 44.1. The number of rotatable bonds is 17. The Kier molecular flexibility index (Phi) is 15.7. The van der Waals surface area contributed by atoms with Crippen molar-refractivity contribution in [1.29, 1.82) is 0 Å². The predicted molar refractivity (Wildman–Crippen MR) is 489 cm³/mol. The second-order valence-corrected chi connectivity index (χ2v) is 33.0. The Hall–Kier alpha value is -13.4. The highest BCUT2D eigenvalue weighted by molar-refractivity contribution is 7.00. The lowest BCUT2D eigenvalue weighted by molar-refractivity contribution is 0.589. The molecule has 2 aromatic heterocycles. The minimum atomic E-state index is -0.479. The first-order chi connectivity index (χ1) is 59.6. The molecular weight excluding hydrogens is 1390 g/mol. The molecule has 6 heteroatoms. The van der Waals surface area contributed by atoms with Crippen molar-refractivity contribution in [3.63, 3.8) is 0 Å². The van der Waals surface area contributed by atoms with Crippen LogP contribution in [0.5, 0.6) is 0 Å². The van der Waals surface area contributed by atoms with Gasteiger partial charge in [0.1, 0.15) is 0 Å². The Bertz CT molecular complexity index is 6990. The van der Waals surface area contributed by atoms with Gasteiger partial charge in [-0.2, -0.15) is 0 Å². The second kappa shape index (κ2) is 29.0. The molecule has 0 fully saturated rings. The number of fused-ring (bicyclic) bond motifs is 10. The average molecular weight is 1490 g/mol.